The number of hydrogen-bond donors (Lipinski definition) is 2. The van der Waals surface area contributed by atoms with Crippen LogP contribution in [0.2, 0.25) is 0 Å². The summed E-state index contributed by atoms with van der Waals surface area (Å²) in [6, 6.07) is 15.3. The van der Waals surface area contributed by atoms with Gasteiger partial charge in [-0.2, -0.15) is 0 Å². The number of rotatable bonds is 6. The first-order chi connectivity index (χ1) is 14.7. The highest BCUT2D eigenvalue weighted by Crippen LogP contribution is 2.32. The molecule has 0 radical (unpaired) electrons. The number of hydrogen-bond acceptors (Lipinski definition) is 5. The van der Waals surface area contributed by atoms with Crippen LogP contribution in [-0.4, -0.2) is 31.2 Å². The minimum Gasteiger partial charge on any atom is -0.497 e. The third-order valence-corrected chi connectivity index (χ3v) is 5.57. The molecule has 1 aliphatic carbocycles. The van der Waals surface area contributed by atoms with Gasteiger partial charge in [0.2, 0.25) is 0 Å². The molecule has 0 bridgehead atoms. The summed E-state index contributed by atoms with van der Waals surface area (Å²) in [6.07, 6.45) is 5.68. The summed E-state index contributed by atoms with van der Waals surface area (Å²) in [5.41, 5.74) is 2.10. The molecule has 1 saturated carbocycles. The number of pyridine rings is 1. The first kappa shape index (κ1) is 20.0. The molecule has 30 heavy (non-hydrogen) atoms. The maximum atomic E-state index is 13.1. The zero-order valence-corrected chi connectivity index (χ0v) is 17.4. The van der Waals surface area contributed by atoms with E-state index in [1.165, 1.54) is 19.3 Å². The van der Waals surface area contributed by atoms with Crippen LogP contribution in [0.1, 0.15) is 42.5 Å². The number of carbonyl (C=O) groups excluding carboxylic acids is 1. The Balaban J connectivity index is 1.69. The fraction of sp³-hybridized carbons (Fsp3) is 0.333. The second-order valence-electron chi connectivity index (χ2n) is 7.57. The van der Waals surface area contributed by atoms with Gasteiger partial charge >= 0.3 is 0 Å². The molecule has 156 valence electrons. The Morgan fingerprint density at radius 3 is 2.57 bits per heavy atom. The van der Waals surface area contributed by atoms with Gasteiger partial charge in [-0.05, 0) is 37.1 Å². The molecule has 6 nitrogen and oxygen atoms in total. The lowest BCUT2D eigenvalue weighted by Crippen LogP contribution is -2.36. The van der Waals surface area contributed by atoms with Crippen LogP contribution in [-0.2, 0) is 0 Å². The summed E-state index contributed by atoms with van der Waals surface area (Å²) in [5.74, 6) is 1.89. The molecule has 2 N–H and O–H groups in total. The molecule has 0 atom stereocenters. The summed E-state index contributed by atoms with van der Waals surface area (Å²) in [4.78, 5) is 17.8. The topological polar surface area (TPSA) is 72.5 Å². The largest absolute Gasteiger partial charge is 0.497 e. The summed E-state index contributed by atoms with van der Waals surface area (Å²) < 4.78 is 10.8. The average Bonchev–Trinajstić information content (AvgIpc) is 2.79. The van der Waals surface area contributed by atoms with Crippen molar-refractivity contribution in [1.82, 2.24) is 10.3 Å². The number of carbonyl (C=O) groups is 1. The third kappa shape index (κ3) is 4.32. The highest BCUT2D eigenvalue weighted by Gasteiger charge is 2.19. The van der Waals surface area contributed by atoms with Crippen molar-refractivity contribution in [2.24, 2.45) is 0 Å². The molecule has 1 aliphatic rings. The van der Waals surface area contributed by atoms with Gasteiger partial charge in [0.05, 0.1) is 31.0 Å². The predicted molar refractivity (Wildman–Crippen MR) is 119 cm³/mol. The molecule has 4 rings (SSSR count). The molecule has 0 saturated heterocycles. The van der Waals surface area contributed by atoms with Crippen LogP contribution in [0.25, 0.3) is 10.9 Å². The van der Waals surface area contributed by atoms with Gasteiger partial charge in [0.15, 0.2) is 0 Å². The minimum atomic E-state index is -0.0545. The molecule has 0 unspecified atom stereocenters. The molecule has 0 aliphatic heterocycles. The van der Waals surface area contributed by atoms with E-state index >= 15 is 0 Å². The lowest BCUT2D eigenvalue weighted by atomic mass is 9.95. The summed E-state index contributed by atoms with van der Waals surface area (Å²) >= 11 is 0. The second-order valence-corrected chi connectivity index (χ2v) is 7.57. The molecular weight excluding hydrogens is 378 g/mol. The smallest absolute Gasteiger partial charge is 0.252 e. The number of ether oxygens (including phenoxy) is 2. The van der Waals surface area contributed by atoms with Crippen molar-refractivity contribution in [3.8, 4) is 11.5 Å². The average molecular weight is 405 g/mol. The Labute approximate surface area is 176 Å². The molecule has 0 spiro atoms. The number of anilines is 2. The van der Waals surface area contributed by atoms with Gasteiger partial charge in [-0.25, -0.2) is 4.98 Å². The number of nitrogens with one attached hydrogen (secondary N) is 2. The molecule has 3 aromatic rings. The van der Waals surface area contributed by atoms with Crippen molar-refractivity contribution in [3.05, 3.63) is 54.1 Å². The highest BCUT2D eigenvalue weighted by molar-refractivity contribution is 6.07. The van der Waals surface area contributed by atoms with Crippen LogP contribution in [0.15, 0.2) is 48.5 Å². The van der Waals surface area contributed by atoms with Crippen LogP contribution >= 0.6 is 0 Å². The van der Waals surface area contributed by atoms with Gasteiger partial charge in [-0.15, -0.1) is 0 Å². The van der Waals surface area contributed by atoms with Crippen molar-refractivity contribution in [3.63, 3.8) is 0 Å². The summed E-state index contributed by atoms with van der Waals surface area (Å²) in [6.45, 7) is 0. The van der Waals surface area contributed by atoms with E-state index in [1.54, 1.807) is 20.3 Å². The van der Waals surface area contributed by atoms with E-state index in [0.717, 1.165) is 29.4 Å². The Bertz CT molecular complexity index is 1050. The quantitative estimate of drug-likeness (QED) is 0.600. The van der Waals surface area contributed by atoms with Crippen LogP contribution in [0.4, 0.5) is 11.5 Å². The molecule has 6 heteroatoms. The van der Waals surface area contributed by atoms with Crippen molar-refractivity contribution in [2.45, 2.75) is 38.1 Å². The summed E-state index contributed by atoms with van der Waals surface area (Å²) in [7, 11) is 3.23. The van der Waals surface area contributed by atoms with Gasteiger partial charge in [0, 0.05) is 17.5 Å². The molecular formula is C24H27N3O3. The number of benzene rings is 2. The van der Waals surface area contributed by atoms with Crippen LogP contribution in [0.5, 0.6) is 11.5 Å². The monoisotopic (exact) mass is 405 g/mol. The van der Waals surface area contributed by atoms with Crippen molar-refractivity contribution >= 4 is 28.3 Å². The van der Waals surface area contributed by atoms with Gasteiger partial charge < -0.3 is 20.1 Å². The van der Waals surface area contributed by atoms with Gasteiger partial charge in [-0.1, -0.05) is 37.5 Å². The third-order valence-electron chi connectivity index (χ3n) is 5.57. The van der Waals surface area contributed by atoms with Crippen molar-refractivity contribution < 1.29 is 14.3 Å². The molecule has 1 fully saturated rings. The van der Waals surface area contributed by atoms with E-state index in [9.17, 15) is 4.79 Å². The Kier molecular flexibility index (Phi) is 6.02. The zero-order chi connectivity index (χ0) is 20.9. The van der Waals surface area contributed by atoms with E-state index in [1.807, 2.05) is 42.5 Å². The van der Waals surface area contributed by atoms with E-state index in [2.05, 4.69) is 10.6 Å². The van der Waals surface area contributed by atoms with Crippen LogP contribution < -0.4 is 20.1 Å². The van der Waals surface area contributed by atoms with E-state index in [0.29, 0.717) is 22.9 Å². The van der Waals surface area contributed by atoms with E-state index < -0.39 is 0 Å². The van der Waals surface area contributed by atoms with Crippen molar-refractivity contribution in [1.29, 1.82) is 0 Å². The first-order valence-electron chi connectivity index (χ1n) is 10.4. The SMILES string of the molecule is COc1ccc(OC)c(Nc2cc(C(=O)NC3CCCCC3)c3ccccc3n2)c1. The Hall–Kier alpha value is -3.28. The lowest BCUT2D eigenvalue weighted by molar-refractivity contribution is 0.0929. The van der Waals surface area contributed by atoms with Gasteiger partial charge in [0.1, 0.15) is 17.3 Å². The van der Waals surface area contributed by atoms with E-state index in [-0.39, 0.29) is 11.9 Å². The molecule has 1 amide bonds. The Morgan fingerprint density at radius 1 is 1.00 bits per heavy atom. The summed E-state index contributed by atoms with van der Waals surface area (Å²) in [5, 5.41) is 7.35. The highest BCUT2D eigenvalue weighted by atomic mass is 16.5. The van der Waals surface area contributed by atoms with Crippen LogP contribution in [0.3, 0.4) is 0 Å². The maximum absolute atomic E-state index is 13.1. The lowest BCUT2D eigenvalue weighted by Gasteiger charge is -2.23. The number of fused-ring (bicyclic) bond motifs is 1. The normalized spacial score (nSPS) is 14.3. The maximum Gasteiger partial charge on any atom is 0.252 e. The number of methoxy groups -OCH3 is 2. The van der Waals surface area contributed by atoms with Gasteiger partial charge in [-0.3, -0.25) is 4.79 Å². The zero-order valence-electron chi connectivity index (χ0n) is 17.4. The number of nitrogens with zero attached hydrogens (tertiary/aromatic N) is 1. The van der Waals surface area contributed by atoms with E-state index in [4.69, 9.17) is 14.5 Å². The van der Waals surface area contributed by atoms with Crippen molar-refractivity contribution in [2.75, 3.05) is 19.5 Å². The fourth-order valence-electron chi connectivity index (χ4n) is 3.99. The van der Waals surface area contributed by atoms with Gasteiger partial charge in [0.25, 0.3) is 5.91 Å². The molecule has 1 aromatic heterocycles. The standard InChI is InChI=1S/C24H27N3O3/c1-29-17-12-13-22(30-2)21(14-17)27-23-15-19(18-10-6-7-11-20(18)26-23)24(28)25-16-8-4-3-5-9-16/h6-7,10-16H,3-5,8-9H2,1-2H3,(H,25,28)(H,26,27). The Morgan fingerprint density at radius 2 is 1.80 bits per heavy atom. The molecule has 2 aromatic carbocycles. The fourth-order valence-corrected chi connectivity index (χ4v) is 3.99. The second kappa shape index (κ2) is 9.03. The minimum absolute atomic E-state index is 0.0545. The predicted octanol–water partition coefficient (Wildman–Crippen LogP) is 5.06. The number of para-hydroxylation sites is 1. The van der Waals surface area contributed by atoms with Crippen LogP contribution in [0, 0.1) is 0 Å². The first-order valence-corrected chi connectivity index (χ1v) is 10.4. The molecule has 1 heterocycles. The number of aromatic nitrogens is 1. The number of amides is 1.